The summed E-state index contributed by atoms with van der Waals surface area (Å²) in [6, 6.07) is 0. The van der Waals surface area contributed by atoms with E-state index < -0.39 is 5.60 Å². The molecule has 2 rings (SSSR count). The maximum absolute atomic E-state index is 5.21. The number of aromatic amines is 1. The van der Waals surface area contributed by atoms with Crippen molar-refractivity contribution < 1.29 is 9.26 Å². The molecule has 2 aromatic rings. The largest absolute Gasteiger partial charge is 0.369 e. The molecule has 2 aromatic heterocycles. The van der Waals surface area contributed by atoms with Gasteiger partial charge in [-0.1, -0.05) is 5.16 Å². The number of nitrogens with one attached hydrogen (secondary N) is 1. The summed E-state index contributed by atoms with van der Waals surface area (Å²) in [7, 11) is 1.58. The Hall–Kier alpha value is -1.76. The number of aromatic nitrogens is 5. The highest BCUT2D eigenvalue weighted by atomic mass is 16.5. The van der Waals surface area contributed by atoms with Crippen LogP contribution in [-0.2, 0) is 10.3 Å². The second-order valence-corrected chi connectivity index (χ2v) is 3.47. The Morgan fingerprint density at radius 1 is 1.47 bits per heavy atom. The molecule has 0 fully saturated rings. The first-order valence-corrected chi connectivity index (χ1v) is 4.38. The minimum Gasteiger partial charge on any atom is -0.369 e. The molecule has 0 saturated carbocycles. The van der Waals surface area contributed by atoms with Crippen LogP contribution in [0.25, 0.3) is 11.6 Å². The first-order chi connectivity index (χ1) is 7.13. The van der Waals surface area contributed by atoms with Crippen LogP contribution in [0.15, 0.2) is 10.9 Å². The lowest BCUT2D eigenvalue weighted by molar-refractivity contribution is -0.00786. The zero-order chi connectivity index (χ0) is 10.9. The van der Waals surface area contributed by atoms with Crippen molar-refractivity contribution in [3.63, 3.8) is 0 Å². The van der Waals surface area contributed by atoms with Crippen molar-refractivity contribution >= 4 is 0 Å². The molecule has 15 heavy (non-hydrogen) atoms. The Bertz CT molecular complexity index is 434. The molecule has 0 aliphatic heterocycles. The van der Waals surface area contributed by atoms with E-state index in [1.165, 1.54) is 6.33 Å². The molecular weight excluding hydrogens is 198 g/mol. The fraction of sp³-hybridized carbons (Fsp3) is 0.500. The van der Waals surface area contributed by atoms with Gasteiger partial charge in [-0.3, -0.25) is 5.10 Å². The van der Waals surface area contributed by atoms with Gasteiger partial charge < -0.3 is 9.26 Å². The lowest BCUT2D eigenvalue weighted by Gasteiger charge is -2.16. The average Bonchev–Trinajstić information content (AvgIpc) is 2.88. The van der Waals surface area contributed by atoms with Crippen LogP contribution >= 0.6 is 0 Å². The van der Waals surface area contributed by atoms with Crippen molar-refractivity contribution in [2.24, 2.45) is 0 Å². The van der Waals surface area contributed by atoms with E-state index in [0.29, 0.717) is 17.5 Å². The van der Waals surface area contributed by atoms with Gasteiger partial charge in [0.15, 0.2) is 5.82 Å². The van der Waals surface area contributed by atoms with Crippen LogP contribution in [0.1, 0.15) is 19.7 Å². The maximum Gasteiger partial charge on any atom is 0.258 e. The first kappa shape index (κ1) is 9.78. The number of hydrogen-bond acceptors (Lipinski definition) is 6. The van der Waals surface area contributed by atoms with Crippen LogP contribution in [0.5, 0.6) is 0 Å². The van der Waals surface area contributed by atoms with Crippen molar-refractivity contribution in [2.75, 3.05) is 7.11 Å². The first-order valence-electron chi connectivity index (χ1n) is 4.38. The molecular formula is C8H11N5O2. The fourth-order valence-electron chi connectivity index (χ4n) is 0.965. The van der Waals surface area contributed by atoms with Gasteiger partial charge in [0, 0.05) is 7.11 Å². The average molecular weight is 209 g/mol. The van der Waals surface area contributed by atoms with E-state index in [1.807, 2.05) is 13.8 Å². The van der Waals surface area contributed by atoms with Crippen molar-refractivity contribution in [3.05, 3.63) is 12.2 Å². The molecule has 80 valence electrons. The molecule has 0 radical (unpaired) electrons. The molecule has 0 amide bonds. The summed E-state index contributed by atoms with van der Waals surface area (Å²) in [5.41, 5.74) is -0.606. The number of rotatable bonds is 3. The molecule has 0 aromatic carbocycles. The number of H-pyrrole nitrogens is 1. The van der Waals surface area contributed by atoms with Gasteiger partial charge in [0.05, 0.1) is 0 Å². The summed E-state index contributed by atoms with van der Waals surface area (Å²) >= 11 is 0. The number of ether oxygens (including phenoxy) is 1. The summed E-state index contributed by atoms with van der Waals surface area (Å²) in [5.74, 6) is 1.24. The minimum atomic E-state index is -0.606. The van der Waals surface area contributed by atoms with E-state index in [1.54, 1.807) is 7.11 Å². The lowest BCUT2D eigenvalue weighted by Crippen LogP contribution is -2.19. The normalized spacial score (nSPS) is 11.9. The van der Waals surface area contributed by atoms with Gasteiger partial charge in [0.25, 0.3) is 5.89 Å². The van der Waals surface area contributed by atoms with Crippen LogP contribution in [0.4, 0.5) is 0 Å². The van der Waals surface area contributed by atoms with Crippen molar-refractivity contribution in [1.82, 2.24) is 25.3 Å². The molecule has 7 nitrogen and oxygen atoms in total. The van der Waals surface area contributed by atoms with Gasteiger partial charge in [0.1, 0.15) is 11.9 Å². The van der Waals surface area contributed by atoms with E-state index in [0.717, 1.165) is 0 Å². The van der Waals surface area contributed by atoms with Gasteiger partial charge in [-0.15, -0.1) is 0 Å². The predicted octanol–water partition coefficient (Wildman–Crippen LogP) is 0.736. The highest BCUT2D eigenvalue weighted by Crippen LogP contribution is 2.23. The van der Waals surface area contributed by atoms with Gasteiger partial charge in [0.2, 0.25) is 5.82 Å². The minimum absolute atomic E-state index is 0.368. The zero-order valence-electron chi connectivity index (χ0n) is 8.68. The SMILES string of the molecule is COC(C)(C)c1nc(-c2ncn[nH]2)no1. The molecule has 0 bridgehead atoms. The Morgan fingerprint density at radius 2 is 2.27 bits per heavy atom. The second-order valence-electron chi connectivity index (χ2n) is 3.47. The molecule has 0 aliphatic carbocycles. The Morgan fingerprint density at radius 3 is 2.87 bits per heavy atom. The fourth-order valence-corrected chi connectivity index (χ4v) is 0.965. The summed E-state index contributed by atoms with van der Waals surface area (Å²) in [5, 5.41) is 10.1. The Labute approximate surface area is 85.9 Å². The maximum atomic E-state index is 5.21. The van der Waals surface area contributed by atoms with Crippen LogP contribution in [0.2, 0.25) is 0 Å². The van der Waals surface area contributed by atoms with E-state index in [4.69, 9.17) is 9.26 Å². The smallest absolute Gasteiger partial charge is 0.258 e. The lowest BCUT2D eigenvalue weighted by atomic mass is 10.1. The van der Waals surface area contributed by atoms with E-state index in [9.17, 15) is 0 Å². The van der Waals surface area contributed by atoms with Crippen LogP contribution in [0.3, 0.4) is 0 Å². The molecule has 0 aliphatic rings. The quantitative estimate of drug-likeness (QED) is 0.801. The summed E-state index contributed by atoms with van der Waals surface area (Å²) in [4.78, 5) is 8.07. The molecule has 0 spiro atoms. The number of methoxy groups -OCH3 is 1. The molecule has 1 N–H and O–H groups in total. The topological polar surface area (TPSA) is 89.7 Å². The van der Waals surface area contributed by atoms with Crippen molar-refractivity contribution in [2.45, 2.75) is 19.4 Å². The Balaban J connectivity index is 2.33. The predicted molar refractivity (Wildman–Crippen MR) is 49.7 cm³/mol. The third kappa shape index (κ3) is 1.73. The van der Waals surface area contributed by atoms with Crippen molar-refractivity contribution in [3.8, 4) is 11.6 Å². The monoisotopic (exact) mass is 209 g/mol. The summed E-state index contributed by atoms with van der Waals surface area (Å²) in [6.45, 7) is 3.68. The molecule has 7 heteroatoms. The van der Waals surface area contributed by atoms with Crippen molar-refractivity contribution in [1.29, 1.82) is 0 Å². The Kier molecular flexibility index (Phi) is 2.24. The number of nitrogens with zero attached hydrogens (tertiary/aromatic N) is 4. The van der Waals surface area contributed by atoms with E-state index in [2.05, 4.69) is 25.3 Å². The van der Waals surface area contributed by atoms with Gasteiger partial charge in [-0.2, -0.15) is 10.1 Å². The molecule has 0 unspecified atom stereocenters. The van der Waals surface area contributed by atoms with E-state index in [-0.39, 0.29) is 0 Å². The van der Waals surface area contributed by atoms with E-state index >= 15 is 0 Å². The van der Waals surface area contributed by atoms with Gasteiger partial charge in [-0.05, 0) is 13.8 Å². The third-order valence-corrected chi connectivity index (χ3v) is 2.08. The molecule has 0 saturated heterocycles. The van der Waals surface area contributed by atoms with Gasteiger partial charge >= 0.3 is 0 Å². The van der Waals surface area contributed by atoms with Crippen LogP contribution in [-0.4, -0.2) is 32.4 Å². The highest BCUT2D eigenvalue weighted by molar-refractivity contribution is 5.39. The summed E-state index contributed by atoms with van der Waals surface area (Å²) < 4.78 is 10.3. The zero-order valence-corrected chi connectivity index (χ0v) is 8.68. The standard InChI is InChI=1S/C8H11N5O2/c1-8(2,14-3)7-11-6(13-15-7)5-9-4-10-12-5/h4H,1-3H3,(H,9,10,12). The van der Waals surface area contributed by atoms with Crippen LogP contribution < -0.4 is 0 Å². The van der Waals surface area contributed by atoms with Gasteiger partial charge in [-0.25, -0.2) is 4.98 Å². The van der Waals surface area contributed by atoms with Crippen LogP contribution in [0, 0.1) is 0 Å². The molecule has 2 heterocycles. The highest BCUT2D eigenvalue weighted by Gasteiger charge is 2.27. The number of hydrogen-bond donors (Lipinski definition) is 1. The third-order valence-electron chi connectivity index (χ3n) is 2.08. The molecule has 0 atom stereocenters. The summed E-state index contributed by atoms with van der Waals surface area (Å²) in [6.07, 6.45) is 1.38. The second kappa shape index (κ2) is 3.43.